The molecule has 1 aromatic carbocycles. The number of hydrogen-bond acceptors (Lipinski definition) is 2. The SMILES string of the molecule is CC(C)CN(Cc1ccc2c(c1)CNCC2)C(C)C. The first-order valence-electron chi connectivity index (χ1n) is 7.61. The van der Waals surface area contributed by atoms with E-state index in [0.29, 0.717) is 6.04 Å². The second-order valence-corrected chi connectivity index (χ2v) is 6.45. The Balaban J connectivity index is 2.08. The molecule has 0 fully saturated rings. The van der Waals surface area contributed by atoms with Crippen molar-refractivity contribution in [2.75, 3.05) is 13.1 Å². The van der Waals surface area contributed by atoms with Gasteiger partial charge in [0.2, 0.25) is 0 Å². The standard InChI is InChI=1S/C17H28N2/c1-13(2)11-19(14(3)4)12-15-5-6-16-7-8-18-10-17(16)9-15/h5-6,9,13-14,18H,7-8,10-12H2,1-4H3. The molecule has 2 nitrogen and oxygen atoms in total. The Morgan fingerprint density at radius 1 is 1.16 bits per heavy atom. The molecule has 2 rings (SSSR count). The zero-order valence-electron chi connectivity index (χ0n) is 12.9. The van der Waals surface area contributed by atoms with Gasteiger partial charge in [0.15, 0.2) is 0 Å². The predicted molar refractivity (Wildman–Crippen MR) is 82.2 cm³/mol. The maximum atomic E-state index is 3.46. The number of nitrogens with one attached hydrogen (secondary N) is 1. The Hall–Kier alpha value is -0.860. The van der Waals surface area contributed by atoms with Crippen LogP contribution in [0.15, 0.2) is 18.2 Å². The number of nitrogens with zero attached hydrogens (tertiary/aromatic N) is 1. The third-order valence-electron chi connectivity index (χ3n) is 3.87. The van der Waals surface area contributed by atoms with Crippen molar-refractivity contribution in [2.24, 2.45) is 5.92 Å². The minimum absolute atomic E-state index is 0.608. The van der Waals surface area contributed by atoms with Crippen molar-refractivity contribution >= 4 is 0 Å². The Morgan fingerprint density at radius 3 is 2.63 bits per heavy atom. The van der Waals surface area contributed by atoms with Gasteiger partial charge in [-0.25, -0.2) is 0 Å². The first kappa shape index (κ1) is 14.5. The van der Waals surface area contributed by atoms with Crippen LogP contribution in [0.25, 0.3) is 0 Å². The lowest BCUT2D eigenvalue weighted by molar-refractivity contribution is 0.189. The van der Waals surface area contributed by atoms with Crippen molar-refractivity contribution in [3.05, 3.63) is 34.9 Å². The highest BCUT2D eigenvalue weighted by molar-refractivity contribution is 5.33. The molecule has 0 spiro atoms. The van der Waals surface area contributed by atoms with E-state index in [1.54, 1.807) is 0 Å². The van der Waals surface area contributed by atoms with Gasteiger partial charge in [-0.15, -0.1) is 0 Å². The van der Waals surface area contributed by atoms with Gasteiger partial charge in [-0.2, -0.15) is 0 Å². The van der Waals surface area contributed by atoms with Gasteiger partial charge in [0, 0.05) is 25.7 Å². The topological polar surface area (TPSA) is 15.3 Å². The molecular weight excluding hydrogens is 232 g/mol. The van der Waals surface area contributed by atoms with E-state index in [0.717, 1.165) is 25.6 Å². The van der Waals surface area contributed by atoms with Crippen LogP contribution in [0.2, 0.25) is 0 Å². The van der Waals surface area contributed by atoms with Crippen LogP contribution in [-0.4, -0.2) is 24.0 Å². The van der Waals surface area contributed by atoms with E-state index in [2.05, 4.69) is 56.1 Å². The fourth-order valence-electron chi connectivity index (χ4n) is 2.79. The molecule has 0 saturated heterocycles. The van der Waals surface area contributed by atoms with Crippen LogP contribution < -0.4 is 5.32 Å². The average Bonchev–Trinajstić information content (AvgIpc) is 2.37. The third kappa shape index (κ3) is 4.05. The van der Waals surface area contributed by atoms with Crippen molar-refractivity contribution in [3.63, 3.8) is 0 Å². The van der Waals surface area contributed by atoms with Crippen LogP contribution in [0.3, 0.4) is 0 Å². The van der Waals surface area contributed by atoms with Gasteiger partial charge in [0.1, 0.15) is 0 Å². The summed E-state index contributed by atoms with van der Waals surface area (Å²) >= 11 is 0. The number of hydrogen-bond donors (Lipinski definition) is 1. The van der Waals surface area contributed by atoms with Crippen molar-refractivity contribution in [2.45, 2.75) is 53.2 Å². The fraction of sp³-hybridized carbons (Fsp3) is 0.647. The van der Waals surface area contributed by atoms with E-state index < -0.39 is 0 Å². The van der Waals surface area contributed by atoms with Gasteiger partial charge in [0.25, 0.3) is 0 Å². The van der Waals surface area contributed by atoms with Gasteiger partial charge >= 0.3 is 0 Å². The summed E-state index contributed by atoms with van der Waals surface area (Å²) in [5, 5.41) is 3.46. The van der Waals surface area contributed by atoms with E-state index in [9.17, 15) is 0 Å². The van der Waals surface area contributed by atoms with E-state index in [1.165, 1.54) is 29.7 Å². The minimum Gasteiger partial charge on any atom is -0.312 e. The van der Waals surface area contributed by atoms with E-state index >= 15 is 0 Å². The molecule has 0 atom stereocenters. The maximum absolute atomic E-state index is 3.46. The molecule has 106 valence electrons. The molecule has 0 bridgehead atoms. The van der Waals surface area contributed by atoms with Crippen LogP contribution in [0.4, 0.5) is 0 Å². The zero-order chi connectivity index (χ0) is 13.8. The predicted octanol–water partition coefficient (Wildman–Crippen LogP) is 3.20. The lowest BCUT2D eigenvalue weighted by Crippen LogP contribution is -2.33. The van der Waals surface area contributed by atoms with E-state index in [-0.39, 0.29) is 0 Å². The molecule has 0 saturated carbocycles. The number of benzene rings is 1. The maximum Gasteiger partial charge on any atom is 0.0236 e. The summed E-state index contributed by atoms with van der Waals surface area (Å²) in [5.41, 5.74) is 4.48. The van der Waals surface area contributed by atoms with Gasteiger partial charge in [-0.3, -0.25) is 4.90 Å². The Bertz CT molecular complexity index is 410. The van der Waals surface area contributed by atoms with Crippen LogP contribution >= 0.6 is 0 Å². The minimum atomic E-state index is 0.608. The second kappa shape index (κ2) is 6.53. The van der Waals surface area contributed by atoms with E-state index in [1.807, 2.05) is 0 Å². The third-order valence-corrected chi connectivity index (χ3v) is 3.87. The molecule has 0 aliphatic carbocycles. The van der Waals surface area contributed by atoms with Crippen LogP contribution in [0.5, 0.6) is 0 Å². The molecular formula is C17H28N2. The second-order valence-electron chi connectivity index (χ2n) is 6.45. The monoisotopic (exact) mass is 260 g/mol. The smallest absolute Gasteiger partial charge is 0.0236 e. The average molecular weight is 260 g/mol. The Morgan fingerprint density at radius 2 is 1.95 bits per heavy atom. The molecule has 1 heterocycles. The van der Waals surface area contributed by atoms with Crippen molar-refractivity contribution in [3.8, 4) is 0 Å². The van der Waals surface area contributed by atoms with Crippen LogP contribution in [0.1, 0.15) is 44.4 Å². The lowest BCUT2D eigenvalue weighted by atomic mass is 9.98. The molecule has 2 heteroatoms. The summed E-state index contributed by atoms with van der Waals surface area (Å²) in [6, 6.07) is 7.66. The first-order chi connectivity index (χ1) is 9.06. The van der Waals surface area contributed by atoms with E-state index in [4.69, 9.17) is 0 Å². The van der Waals surface area contributed by atoms with Gasteiger partial charge in [-0.1, -0.05) is 32.0 Å². The molecule has 1 aliphatic rings. The fourth-order valence-corrected chi connectivity index (χ4v) is 2.79. The highest BCUT2D eigenvalue weighted by Gasteiger charge is 2.14. The summed E-state index contributed by atoms with van der Waals surface area (Å²) in [6.45, 7) is 13.6. The Labute approximate surface area is 118 Å². The molecule has 1 N–H and O–H groups in total. The summed E-state index contributed by atoms with van der Waals surface area (Å²) in [5.74, 6) is 0.724. The zero-order valence-corrected chi connectivity index (χ0v) is 12.9. The summed E-state index contributed by atoms with van der Waals surface area (Å²) in [6.07, 6.45) is 1.18. The summed E-state index contributed by atoms with van der Waals surface area (Å²) < 4.78 is 0. The molecule has 0 aromatic heterocycles. The highest BCUT2D eigenvalue weighted by atomic mass is 15.1. The van der Waals surface area contributed by atoms with Gasteiger partial charge in [-0.05, 0) is 49.4 Å². The number of fused-ring (bicyclic) bond motifs is 1. The molecule has 19 heavy (non-hydrogen) atoms. The van der Waals surface area contributed by atoms with Crippen molar-refractivity contribution in [1.29, 1.82) is 0 Å². The molecule has 0 unspecified atom stereocenters. The normalized spacial score (nSPS) is 15.3. The largest absolute Gasteiger partial charge is 0.312 e. The quantitative estimate of drug-likeness (QED) is 0.874. The van der Waals surface area contributed by atoms with Crippen molar-refractivity contribution in [1.82, 2.24) is 10.2 Å². The highest BCUT2D eigenvalue weighted by Crippen LogP contribution is 2.18. The van der Waals surface area contributed by atoms with Gasteiger partial charge < -0.3 is 5.32 Å². The first-order valence-corrected chi connectivity index (χ1v) is 7.61. The van der Waals surface area contributed by atoms with Gasteiger partial charge in [0.05, 0.1) is 0 Å². The summed E-state index contributed by atoms with van der Waals surface area (Å²) in [4.78, 5) is 2.57. The molecule has 1 aromatic rings. The molecule has 0 radical (unpaired) electrons. The van der Waals surface area contributed by atoms with Crippen LogP contribution in [0, 0.1) is 5.92 Å². The van der Waals surface area contributed by atoms with Crippen LogP contribution in [-0.2, 0) is 19.5 Å². The number of rotatable bonds is 5. The van der Waals surface area contributed by atoms with Crippen molar-refractivity contribution < 1.29 is 0 Å². The molecule has 0 amide bonds. The lowest BCUT2D eigenvalue weighted by Gasteiger charge is -2.29. The Kier molecular flexibility index (Phi) is 5.00. The summed E-state index contributed by atoms with van der Waals surface area (Å²) in [7, 11) is 0. The molecule has 1 aliphatic heterocycles.